The summed E-state index contributed by atoms with van der Waals surface area (Å²) in [4.78, 5) is 22.0. The number of para-hydroxylation sites is 2. The van der Waals surface area contributed by atoms with Gasteiger partial charge in [0.1, 0.15) is 0 Å². The van der Waals surface area contributed by atoms with Crippen LogP contribution in [0.2, 0.25) is 0 Å². The number of amides is 1. The van der Waals surface area contributed by atoms with Crippen molar-refractivity contribution in [3.05, 3.63) is 41.7 Å². The number of hydrogen-bond acceptors (Lipinski definition) is 4. The van der Waals surface area contributed by atoms with Crippen LogP contribution in [0.25, 0.3) is 11.0 Å². The topological polar surface area (TPSA) is 59.2 Å². The minimum absolute atomic E-state index is 0.0578. The molecule has 2 aliphatic rings. The Morgan fingerprint density at radius 2 is 1.78 bits per heavy atom. The van der Waals surface area contributed by atoms with Gasteiger partial charge in [0.05, 0.1) is 11.0 Å². The quantitative estimate of drug-likeness (QED) is 0.696. The van der Waals surface area contributed by atoms with Gasteiger partial charge in [0.15, 0.2) is 5.69 Å². The van der Waals surface area contributed by atoms with E-state index in [0.29, 0.717) is 17.5 Å². The Bertz CT molecular complexity index is 1000. The molecule has 2 fully saturated rings. The standard InChI is InChI=1S/C20H24N6O/c1-13-8-17(22-24(13)3)19(27)25-9-14-11-26(12-15(14)10-25)20-21-16-6-4-5-7-18(16)23(20)2/h4-8,14-15H,9-12H2,1-3H3. The predicted octanol–water partition coefficient (Wildman–Crippen LogP) is 1.82. The molecule has 0 spiro atoms. The number of likely N-dealkylation sites (tertiary alicyclic amines) is 1. The third-order valence-corrected chi connectivity index (χ3v) is 6.15. The van der Waals surface area contributed by atoms with Crippen LogP contribution in [0.5, 0.6) is 0 Å². The van der Waals surface area contributed by atoms with Crippen molar-refractivity contribution in [1.82, 2.24) is 24.2 Å². The average Bonchev–Trinajstić information content (AvgIpc) is 3.38. The van der Waals surface area contributed by atoms with Gasteiger partial charge in [-0.1, -0.05) is 12.1 Å². The van der Waals surface area contributed by atoms with E-state index in [0.717, 1.165) is 48.9 Å². The molecule has 0 N–H and O–H groups in total. The first kappa shape index (κ1) is 16.4. The van der Waals surface area contributed by atoms with E-state index in [4.69, 9.17) is 4.98 Å². The zero-order valence-corrected chi connectivity index (χ0v) is 16.0. The Hall–Kier alpha value is -2.83. The lowest BCUT2D eigenvalue weighted by atomic mass is 10.0. The maximum atomic E-state index is 12.8. The number of hydrogen-bond donors (Lipinski definition) is 0. The fraction of sp³-hybridized carbons (Fsp3) is 0.450. The van der Waals surface area contributed by atoms with Gasteiger partial charge in [0.2, 0.25) is 5.95 Å². The second kappa shape index (κ2) is 5.84. The average molecular weight is 364 g/mol. The van der Waals surface area contributed by atoms with Gasteiger partial charge in [-0.2, -0.15) is 5.10 Å². The van der Waals surface area contributed by atoms with Crippen LogP contribution in [0.15, 0.2) is 30.3 Å². The van der Waals surface area contributed by atoms with Gasteiger partial charge in [-0.3, -0.25) is 9.48 Å². The molecule has 5 rings (SSSR count). The molecule has 1 amide bonds. The Labute approximate surface area is 158 Å². The minimum atomic E-state index is 0.0578. The number of benzene rings is 1. The molecular weight excluding hydrogens is 340 g/mol. The normalized spacial score (nSPS) is 22.0. The van der Waals surface area contributed by atoms with Gasteiger partial charge < -0.3 is 14.4 Å². The van der Waals surface area contributed by atoms with Crippen LogP contribution in [-0.4, -0.2) is 56.3 Å². The van der Waals surface area contributed by atoms with Crippen LogP contribution in [0, 0.1) is 18.8 Å². The molecule has 2 aliphatic heterocycles. The van der Waals surface area contributed by atoms with E-state index in [2.05, 4.69) is 39.8 Å². The van der Waals surface area contributed by atoms with E-state index in [1.165, 1.54) is 0 Å². The molecule has 2 atom stereocenters. The lowest BCUT2D eigenvalue weighted by Gasteiger charge is -2.22. The van der Waals surface area contributed by atoms with E-state index in [1.54, 1.807) is 4.68 Å². The van der Waals surface area contributed by atoms with E-state index in [-0.39, 0.29) is 5.91 Å². The highest BCUT2D eigenvalue weighted by Crippen LogP contribution is 2.35. The maximum Gasteiger partial charge on any atom is 0.274 e. The van der Waals surface area contributed by atoms with Crippen LogP contribution in [0.1, 0.15) is 16.2 Å². The molecule has 0 saturated carbocycles. The monoisotopic (exact) mass is 364 g/mol. The number of anilines is 1. The summed E-state index contributed by atoms with van der Waals surface area (Å²) in [5, 5.41) is 4.35. The van der Waals surface area contributed by atoms with Crippen molar-refractivity contribution in [2.24, 2.45) is 25.9 Å². The van der Waals surface area contributed by atoms with Crippen LogP contribution in [0.3, 0.4) is 0 Å². The first-order valence-electron chi connectivity index (χ1n) is 9.47. The molecule has 2 aromatic heterocycles. The maximum absolute atomic E-state index is 12.8. The third-order valence-electron chi connectivity index (χ3n) is 6.15. The fourth-order valence-corrected chi connectivity index (χ4v) is 4.57. The van der Waals surface area contributed by atoms with Crippen molar-refractivity contribution in [3.63, 3.8) is 0 Å². The lowest BCUT2D eigenvalue weighted by molar-refractivity contribution is 0.0776. The van der Waals surface area contributed by atoms with Gasteiger partial charge in [-0.05, 0) is 25.1 Å². The second-order valence-electron chi connectivity index (χ2n) is 7.89. The number of carbonyl (C=O) groups is 1. The van der Waals surface area contributed by atoms with Crippen molar-refractivity contribution >= 4 is 22.9 Å². The fourth-order valence-electron chi connectivity index (χ4n) is 4.57. The van der Waals surface area contributed by atoms with Crippen molar-refractivity contribution in [2.45, 2.75) is 6.92 Å². The zero-order chi connectivity index (χ0) is 18.7. The third kappa shape index (κ3) is 2.52. The summed E-state index contributed by atoms with van der Waals surface area (Å²) in [6.45, 7) is 5.48. The largest absolute Gasteiger partial charge is 0.342 e. The molecule has 7 nitrogen and oxygen atoms in total. The van der Waals surface area contributed by atoms with Crippen molar-refractivity contribution < 1.29 is 4.79 Å². The molecule has 0 aliphatic carbocycles. The molecule has 2 unspecified atom stereocenters. The van der Waals surface area contributed by atoms with Gasteiger partial charge in [0, 0.05) is 57.8 Å². The summed E-state index contributed by atoms with van der Waals surface area (Å²) in [6, 6.07) is 10.1. The number of aromatic nitrogens is 4. The molecule has 0 radical (unpaired) electrons. The summed E-state index contributed by atoms with van der Waals surface area (Å²) in [6.07, 6.45) is 0. The Kier molecular flexibility index (Phi) is 3.54. The molecular formula is C20H24N6O. The number of fused-ring (bicyclic) bond motifs is 2. The van der Waals surface area contributed by atoms with E-state index in [1.807, 2.05) is 31.0 Å². The molecule has 7 heteroatoms. The van der Waals surface area contributed by atoms with Crippen LogP contribution < -0.4 is 4.90 Å². The minimum Gasteiger partial charge on any atom is -0.342 e. The molecule has 4 heterocycles. The van der Waals surface area contributed by atoms with Crippen molar-refractivity contribution in [3.8, 4) is 0 Å². The first-order valence-corrected chi connectivity index (χ1v) is 9.47. The summed E-state index contributed by atoms with van der Waals surface area (Å²) < 4.78 is 3.94. The summed E-state index contributed by atoms with van der Waals surface area (Å²) in [7, 11) is 3.96. The van der Waals surface area contributed by atoms with Crippen LogP contribution >= 0.6 is 0 Å². The summed E-state index contributed by atoms with van der Waals surface area (Å²) in [5.74, 6) is 2.09. The SMILES string of the molecule is Cc1cc(C(=O)N2CC3CN(c4nc5ccccc5n4C)CC3C2)nn1C. The van der Waals surface area contributed by atoms with E-state index in [9.17, 15) is 4.79 Å². The van der Waals surface area contributed by atoms with Gasteiger partial charge >= 0.3 is 0 Å². The number of rotatable bonds is 2. The Morgan fingerprint density at radius 3 is 2.41 bits per heavy atom. The number of aryl methyl sites for hydroxylation is 3. The summed E-state index contributed by atoms with van der Waals surface area (Å²) in [5.41, 5.74) is 3.76. The molecule has 140 valence electrons. The predicted molar refractivity (Wildman–Crippen MR) is 104 cm³/mol. The number of carbonyl (C=O) groups excluding carboxylic acids is 1. The first-order chi connectivity index (χ1) is 13.0. The number of imidazole rings is 1. The molecule has 0 bridgehead atoms. The highest BCUT2D eigenvalue weighted by molar-refractivity contribution is 5.92. The van der Waals surface area contributed by atoms with E-state index < -0.39 is 0 Å². The smallest absolute Gasteiger partial charge is 0.274 e. The number of nitrogens with zero attached hydrogens (tertiary/aromatic N) is 6. The molecule has 1 aromatic carbocycles. The molecule has 27 heavy (non-hydrogen) atoms. The van der Waals surface area contributed by atoms with Gasteiger partial charge in [-0.15, -0.1) is 0 Å². The summed E-state index contributed by atoms with van der Waals surface area (Å²) >= 11 is 0. The van der Waals surface area contributed by atoms with Gasteiger partial charge in [0.25, 0.3) is 5.91 Å². The zero-order valence-electron chi connectivity index (χ0n) is 16.0. The molecule has 2 saturated heterocycles. The highest BCUT2D eigenvalue weighted by Gasteiger charge is 2.43. The van der Waals surface area contributed by atoms with Crippen molar-refractivity contribution in [1.29, 1.82) is 0 Å². The molecule has 3 aromatic rings. The van der Waals surface area contributed by atoms with Crippen LogP contribution in [-0.2, 0) is 14.1 Å². The Morgan fingerprint density at radius 1 is 1.07 bits per heavy atom. The van der Waals surface area contributed by atoms with Crippen LogP contribution in [0.4, 0.5) is 5.95 Å². The van der Waals surface area contributed by atoms with Gasteiger partial charge in [-0.25, -0.2) is 4.98 Å². The van der Waals surface area contributed by atoms with E-state index >= 15 is 0 Å². The van der Waals surface area contributed by atoms with Crippen molar-refractivity contribution in [2.75, 3.05) is 31.1 Å². The highest BCUT2D eigenvalue weighted by atomic mass is 16.2. The Balaban J connectivity index is 1.32. The second-order valence-corrected chi connectivity index (χ2v) is 7.89. The lowest BCUT2D eigenvalue weighted by Crippen LogP contribution is -2.34.